The molecule has 0 saturated heterocycles. The van der Waals surface area contributed by atoms with E-state index in [1.54, 1.807) is 30.3 Å². The molecule has 29 heavy (non-hydrogen) atoms. The summed E-state index contributed by atoms with van der Waals surface area (Å²) in [7, 11) is -3.40. The second kappa shape index (κ2) is 8.88. The van der Waals surface area contributed by atoms with Crippen LogP contribution in [0.25, 0.3) is 10.2 Å². The number of aryl methyl sites for hydroxylation is 2. The Kier molecular flexibility index (Phi) is 6.49. The van der Waals surface area contributed by atoms with Gasteiger partial charge in [0, 0.05) is 13.0 Å². The van der Waals surface area contributed by atoms with Crippen LogP contribution in [0.1, 0.15) is 24.0 Å². The molecular formula is C22H24N2O3S2. The number of amides is 1. The molecule has 0 unspecified atom stereocenters. The molecule has 3 rings (SSSR count). The molecule has 0 aliphatic carbocycles. The van der Waals surface area contributed by atoms with Crippen LogP contribution >= 0.6 is 11.3 Å². The molecule has 3 aromatic rings. The average Bonchev–Trinajstić information content (AvgIpc) is 2.98. The van der Waals surface area contributed by atoms with Crippen molar-refractivity contribution in [2.45, 2.75) is 38.1 Å². The molecule has 0 bridgehead atoms. The van der Waals surface area contributed by atoms with E-state index in [1.165, 1.54) is 11.3 Å². The molecule has 152 valence electrons. The van der Waals surface area contributed by atoms with E-state index in [4.69, 9.17) is 0 Å². The summed E-state index contributed by atoms with van der Waals surface area (Å²) >= 11 is 1.45. The van der Waals surface area contributed by atoms with Gasteiger partial charge in [-0.05, 0) is 50.1 Å². The minimum atomic E-state index is -3.40. The fourth-order valence-corrected chi connectivity index (χ4v) is 5.48. The summed E-state index contributed by atoms with van der Waals surface area (Å²) in [4.78, 5) is 17.5. The smallest absolute Gasteiger partial charge is 0.248 e. The number of rotatable bonds is 7. The number of allylic oxidation sites excluding steroid dienone is 1. The highest BCUT2D eigenvalue weighted by Crippen LogP contribution is 2.19. The summed E-state index contributed by atoms with van der Waals surface area (Å²) in [6.45, 7) is 8.26. The minimum Gasteiger partial charge on any atom is -0.313 e. The van der Waals surface area contributed by atoms with Gasteiger partial charge in [-0.2, -0.15) is 4.99 Å². The Hall–Kier alpha value is -2.51. The molecule has 1 heterocycles. The number of benzene rings is 2. The van der Waals surface area contributed by atoms with Crippen molar-refractivity contribution in [3.05, 3.63) is 71.0 Å². The number of sulfone groups is 1. The van der Waals surface area contributed by atoms with Crippen LogP contribution < -0.4 is 4.80 Å². The van der Waals surface area contributed by atoms with Gasteiger partial charge in [-0.25, -0.2) is 8.42 Å². The maximum Gasteiger partial charge on any atom is 0.248 e. The fraction of sp³-hybridized carbons (Fsp3) is 0.273. The van der Waals surface area contributed by atoms with Gasteiger partial charge in [0.25, 0.3) is 0 Å². The van der Waals surface area contributed by atoms with Crippen molar-refractivity contribution >= 4 is 37.3 Å². The van der Waals surface area contributed by atoms with Crippen LogP contribution in [0.5, 0.6) is 0 Å². The largest absolute Gasteiger partial charge is 0.313 e. The molecule has 0 radical (unpaired) electrons. The van der Waals surface area contributed by atoms with Gasteiger partial charge in [0.15, 0.2) is 14.6 Å². The summed E-state index contributed by atoms with van der Waals surface area (Å²) in [6, 6.07) is 12.9. The molecule has 5 nitrogen and oxygen atoms in total. The molecule has 2 aromatic carbocycles. The first-order valence-corrected chi connectivity index (χ1v) is 11.8. The highest BCUT2D eigenvalue weighted by Gasteiger charge is 2.15. The molecule has 0 fully saturated rings. The van der Waals surface area contributed by atoms with Crippen molar-refractivity contribution in [1.29, 1.82) is 0 Å². The van der Waals surface area contributed by atoms with E-state index in [0.29, 0.717) is 11.3 Å². The van der Waals surface area contributed by atoms with Gasteiger partial charge in [0.05, 0.1) is 20.9 Å². The number of carbonyl (C=O) groups is 1. The van der Waals surface area contributed by atoms with Crippen molar-refractivity contribution in [3.63, 3.8) is 0 Å². The van der Waals surface area contributed by atoms with Crippen LogP contribution in [0, 0.1) is 13.8 Å². The van der Waals surface area contributed by atoms with Gasteiger partial charge in [0.2, 0.25) is 5.91 Å². The molecule has 0 aliphatic heterocycles. The van der Waals surface area contributed by atoms with E-state index >= 15 is 0 Å². The Balaban J connectivity index is 1.74. The molecule has 0 aliphatic rings. The molecule has 7 heteroatoms. The van der Waals surface area contributed by atoms with Crippen molar-refractivity contribution in [2.75, 3.05) is 5.75 Å². The summed E-state index contributed by atoms with van der Waals surface area (Å²) in [6.07, 6.45) is 2.10. The zero-order valence-corrected chi connectivity index (χ0v) is 18.2. The van der Waals surface area contributed by atoms with Gasteiger partial charge in [-0.15, -0.1) is 6.58 Å². The molecule has 1 amide bonds. The molecule has 1 aromatic heterocycles. The van der Waals surface area contributed by atoms with Crippen LogP contribution in [0.4, 0.5) is 0 Å². The van der Waals surface area contributed by atoms with E-state index in [9.17, 15) is 13.2 Å². The summed E-state index contributed by atoms with van der Waals surface area (Å²) in [5.41, 5.74) is 3.15. The zero-order valence-electron chi connectivity index (χ0n) is 16.6. The fourth-order valence-electron chi connectivity index (χ4n) is 3.01. The van der Waals surface area contributed by atoms with Crippen LogP contribution in [-0.4, -0.2) is 24.6 Å². The van der Waals surface area contributed by atoms with Crippen LogP contribution in [-0.2, 0) is 21.2 Å². The average molecular weight is 429 g/mol. The highest BCUT2D eigenvalue weighted by atomic mass is 32.2. The lowest BCUT2D eigenvalue weighted by atomic mass is 10.2. The Morgan fingerprint density at radius 2 is 1.83 bits per heavy atom. The standard InChI is InChI=1S/C22H24N2O3S2/c1-4-13-24-19-12-9-17(3)15-20(19)28-22(24)23-21(25)6-5-14-29(26,27)18-10-7-16(2)8-11-18/h4,7-12,15H,1,5-6,13-14H2,2-3H3. The van der Waals surface area contributed by atoms with Crippen LogP contribution in [0.15, 0.2) is 65.0 Å². The zero-order chi connectivity index (χ0) is 21.0. The van der Waals surface area contributed by atoms with Gasteiger partial charge in [-0.3, -0.25) is 4.79 Å². The number of carbonyl (C=O) groups excluding carboxylic acids is 1. The third-order valence-corrected chi connectivity index (χ3v) is 7.41. The predicted molar refractivity (Wildman–Crippen MR) is 118 cm³/mol. The molecule has 0 spiro atoms. The van der Waals surface area contributed by atoms with Crippen molar-refractivity contribution < 1.29 is 13.2 Å². The first kappa shape index (κ1) is 21.2. The normalized spacial score (nSPS) is 12.4. The second-order valence-corrected chi connectivity index (χ2v) is 10.1. The van der Waals surface area contributed by atoms with Gasteiger partial charge < -0.3 is 4.57 Å². The van der Waals surface area contributed by atoms with Crippen molar-refractivity contribution in [3.8, 4) is 0 Å². The minimum absolute atomic E-state index is 0.0738. The van der Waals surface area contributed by atoms with E-state index < -0.39 is 9.84 Å². The topological polar surface area (TPSA) is 68.5 Å². The number of aromatic nitrogens is 1. The maximum atomic E-state index is 12.4. The summed E-state index contributed by atoms with van der Waals surface area (Å²) in [5.74, 6) is -0.388. The van der Waals surface area contributed by atoms with Gasteiger partial charge >= 0.3 is 0 Å². The Morgan fingerprint density at radius 1 is 1.14 bits per heavy atom. The quantitative estimate of drug-likeness (QED) is 0.530. The molecule has 0 N–H and O–H groups in total. The van der Waals surface area contributed by atoms with Gasteiger partial charge in [0.1, 0.15) is 0 Å². The molecular weight excluding hydrogens is 404 g/mol. The van der Waals surface area contributed by atoms with E-state index in [1.807, 2.05) is 30.5 Å². The first-order valence-electron chi connectivity index (χ1n) is 9.38. The third kappa shape index (κ3) is 5.10. The Labute approximate surface area is 175 Å². The van der Waals surface area contributed by atoms with E-state index in [-0.39, 0.29) is 29.4 Å². The Morgan fingerprint density at radius 3 is 2.52 bits per heavy atom. The summed E-state index contributed by atoms with van der Waals surface area (Å²) in [5, 5.41) is 0. The van der Waals surface area contributed by atoms with E-state index in [2.05, 4.69) is 17.6 Å². The lowest BCUT2D eigenvalue weighted by Crippen LogP contribution is -2.16. The van der Waals surface area contributed by atoms with Crippen LogP contribution in [0.2, 0.25) is 0 Å². The van der Waals surface area contributed by atoms with Crippen molar-refractivity contribution in [1.82, 2.24) is 4.57 Å². The number of nitrogens with zero attached hydrogens (tertiary/aromatic N) is 2. The lowest BCUT2D eigenvalue weighted by Gasteiger charge is -2.04. The van der Waals surface area contributed by atoms with Crippen LogP contribution in [0.3, 0.4) is 0 Å². The number of hydrogen-bond acceptors (Lipinski definition) is 4. The molecule has 0 atom stereocenters. The van der Waals surface area contributed by atoms with Crippen molar-refractivity contribution in [2.24, 2.45) is 4.99 Å². The third-order valence-electron chi connectivity index (χ3n) is 4.55. The van der Waals surface area contributed by atoms with Gasteiger partial charge in [-0.1, -0.05) is 41.2 Å². The second-order valence-electron chi connectivity index (χ2n) is 7.00. The number of hydrogen-bond donors (Lipinski definition) is 0. The number of thiazole rings is 1. The highest BCUT2D eigenvalue weighted by molar-refractivity contribution is 7.91. The summed E-state index contributed by atoms with van der Waals surface area (Å²) < 4.78 is 27.8. The van der Waals surface area contributed by atoms with E-state index in [0.717, 1.165) is 21.3 Å². The monoisotopic (exact) mass is 428 g/mol. The predicted octanol–water partition coefficient (Wildman–Crippen LogP) is 4.19. The SMILES string of the molecule is C=CCn1c(=NC(=O)CCCS(=O)(=O)c2ccc(C)cc2)sc2cc(C)ccc21. The lowest BCUT2D eigenvalue weighted by molar-refractivity contribution is -0.118. The first-order chi connectivity index (χ1) is 13.8. The molecule has 0 saturated carbocycles. The number of fused-ring (bicyclic) bond motifs is 1. The Bertz CT molecular complexity index is 1220. The maximum absolute atomic E-state index is 12.4.